The molecule has 30 heavy (non-hydrogen) atoms. The van der Waals surface area contributed by atoms with Crippen LogP contribution in [0.5, 0.6) is 5.75 Å². The first-order valence-electron chi connectivity index (χ1n) is 10.6. The molecule has 3 aromatic rings. The summed E-state index contributed by atoms with van der Waals surface area (Å²) in [6.07, 6.45) is 5.32. The molecule has 0 radical (unpaired) electrons. The second kappa shape index (κ2) is 8.15. The largest absolute Gasteiger partial charge is 0.415 e. The number of aromatic nitrogens is 1. The molecule has 1 saturated heterocycles. The third-order valence-corrected chi connectivity index (χ3v) is 6.01. The molecular weight excluding hydrogens is 372 g/mol. The van der Waals surface area contributed by atoms with Gasteiger partial charge in [-0.05, 0) is 60.6 Å². The van der Waals surface area contributed by atoms with E-state index in [1.165, 1.54) is 27.8 Å². The lowest BCUT2D eigenvalue weighted by Crippen LogP contribution is -2.38. The van der Waals surface area contributed by atoms with Crippen LogP contribution in [0.2, 0.25) is 0 Å². The third-order valence-electron chi connectivity index (χ3n) is 6.01. The van der Waals surface area contributed by atoms with Gasteiger partial charge in [-0.2, -0.15) is 0 Å². The number of hydrogen-bond acceptors (Lipinski definition) is 3. The van der Waals surface area contributed by atoms with Crippen LogP contribution in [0.1, 0.15) is 35.2 Å². The number of nitrogens with zero attached hydrogens (tertiary/aromatic N) is 2. The van der Waals surface area contributed by atoms with Gasteiger partial charge in [0.1, 0.15) is 5.75 Å². The maximum Gasteiger partial charge on any atom is 0.415 e. The minimum atomic E-state index is -0.273. The van der Waals surface area contributed by atoms with Gasteiger partial charge >= 0.3 is 6.09 Å². The van der Waals surface area contributed by atoms with Crippen molar-refractivity contribution < 1.29 is 9.53 Å². The summed E-state index contributed by atoms with van der Waals surface area (Å²) < 4.78 is 5.53. The highest BCUT2D eigenvalue weighted by atomic mass is 16.6. The summed E-state index contributed by atoms with van der Waals surface area (Å²) in [5.74, 6) is 0.586. The molecule has 0 N–H and O–H groups in total. The zero-order valence-electron chi connectivity index (χ0n) is 16.9. The fourth-order valence-electron chi connectivity index (χ4n) is 4.47. The molecule has 0 atom stereocenters. The number of pyridine rings is 1. The number of rotatable bonds is 1. The van der Waals surface area contributed by atoms with Gasteiger partial charge in [0.15, 0.2) is 0 Å². The van der Waals surface area contributed by atoms with Crippen molar-refractivity contribution in [1.29, 1.82) is 0 Å². The number of ether oxygens (including phenoxy) is 1. The number of para-hydroxylation sites is 1. The molecule has 5 rings (SSSR count). The topological polar surface area (TPSA) is 42.4 Å². The summed E-state index contributed by atoms with van der Waals surface area (Å²) in [6.45, 7) is 1.32. The molecule has 0 spiro atoms. The lowest BCUT2D eigenvalue weighted by Gasteiger charge is -2.29. The summed E-state index contributed by atoms with van der Waals surface area (Å²) >= 11 is 0. The van der Waals surface area contributed by atoms with Gasteiger partial charge in [0.2, 0.25) is 0 Å². The first-order valence-corrected chi connectivity index (χ1v) is 10.6. The Balaban J connectivity index is 1.43. The first kappa shape index (κ1) is 18.6. The number of carbonyl (C=O) groups excluding carboxylic acids is 1. The summed E-state index contributed by atoms with van der Waals surface area (Å²) in [5, 5.41) is 0. The summed E-state index contributed by atoms with van der Waals surface area (Å²) in [5.41, 5.74) is 7.75. The Morgan fingerprint density at radius 3 is 2.33 bits per heavy atom. The number of benzene rings is 2. The lowest BCUT2D eigenvalue weighted by molar-refractivity contribution is 0.148. The Hall–Kier alpha value is -3.40. The van der Waals surface area contributed by atoms with Crippen molar-refractivity contribution in [2.24, 2.45) is 0 Å². The molecule has 0 saturated carbocycles. The van der Waals surface area contributed by atoms with Crippen LogP contribution in [0.15, 0.2) is 78.5 Å². The number of fused-ring (bicyclic) bond motifs is 2. The smallest absolute Gasteiger partial charge is 0.410 e. The summed E-state index contributed by atoms with van der Waals surface area (Å²) in [4.78, 5) is 19.2. The molecule has 2 aromatic carbocycles. The molecular formula is C26H24N2O2. The van der Waals surface area contributed by atoms with E-state index in [0.29, 0.717) is 18.8 Å². The van der Waals surface area contributed by atoms with Gasteiger partial charge in [0, 0.05) is 24.9 Å². The number of piperidine rings is 1. The molecule has 1 fully saturated rings. The second-order valence-corrected chi connectivity index (χ2v) is 7.81. The molecule has 4 heteroatoms. The van der Waals surface area contributed by atoms with Crippen molar-refractivity contribution in [3.8, 4) is 5.75 Å². The normalized spacial score (nSPS) is 15.8. The van der Waals surface area contributed by atoms with Gasteiger partial charge in [-0.25, -0.2) is 4.79 Å². The van der Waals surface area contributed by atoms with Crippen molar-refractivity contribution in [1.82, 2.24) is 9.88 Å². The van der Waals surface area contributed by atoms with Crippen LogP contribution in [0, 0.1) is 0 Å². The van der Waals surface area contributed by atoms with E-state index in [1.807, 2.05) is 30.5 Å². The molecule has 2 aliphatic rings. The highest BCUT2D eigenvalue weighted by Gasteiger charge is 2.26. The predicted octanol–water partition coefficient (Wildman–Crippen LogP) is 5.28. The van der Waals surface area contributed by atoms with Crippen molar-refractivity contribution in [3.05, 3.63) is 101 Å². The van der Waals surface area contributed by atoms with Crippen LogP contribution >= 0.6 is 0 Å². The Labute approximate surface area is 176 Å². The minimum absolute atomic E-state index is 0.273. The standard InChI is InChI=1S/C26H24N2O2/c29-26(30-22-9-2-1-3-10-22)28-17-14-20(15-18-28)24-23-11-5-4-7-19(23)12-13-21-8-6-16-27-25(21)24/h1-11,16H,12-15,17-18H2. The average molecular weight is 396 g/mol. The van der Waals surface area contributed by atoms with Crippen LogP contribution in [0.3, 0.4) is 0 Å². The molecule has 150 valence electrons. The summed E-state index contributed by atoms with van der Waals surface area (Å²) in [6, 6.07) is 22.2. The van der Waals surface area contributed by atoms with E-state index in [2.05, 4.69) is 30.3 Å². The van der Waals surface area contributed by atoms with E-state index < -0.39 is 0 Å². The number of likely N-dealkylation sites (tertiary alicyclic amines) is 1. The Morgan fingerprint density at radius 2 is 1.50 bits per heavy atom. The Bertz CT molecular complexity index is 1050. The number of aryl methyl sites for hydroxylation is 2. The van der Waals surface area contributed by atoms with Crippen molar-refractivity contribution >= 4 is 11.7 Å². The van der Waals surface area contributed by atoms with Gasteiger partial charge in [0.25, 0.3) is 0 Å². The van der Waals surface area contributed by atoms with Crippen molar-refractivity contribution in [2.75, 3.05) is 13.1 Å². The van der Waals surface area contributed by atoms with E-state index in [9.17, 15) is 4.79 Å². The maximum absolute atomic E-state index is 12.6. The number of amides is 1. The fourth-order valence-corrected chi connectivity index (χ4v) is 4.47. The molecule has 1 aliphatic carbocycles. The van der Waals surface area contributed by atoms with E-state index in [4.69, 9.17) is 9.72 Å². The first-order chi connectivity index (χ1) is 14.8. The van der Waals surface area contributed by atoms with E-state index in [0.717, 1.165) is 31.4 Å². The molecule has 1 aliphatic heterocycles. The van der Waals surface area contributed by atoms with E-state index in [-0.39, 0.29) is 6.09 Å². The SMILES string of the molecule is O=C(Oc1ccccc1)N1CCC(=C2c3ccccc3CCc3cccnc32)CC1. The van der Waals surface area contributed by atoms with Crippen LogP contribution in [-0.4, -0.2) is 29.1 Å². The average Bonchev–Trinajstić information content (AvgIpc) is 2.97. The predicted molar refractivity (Wildman–Crippen MR) is 117 cm³/mol. The van der Waals surface area contributed by atoms with Gasteiger partial charge in [-0.15, -0.1) is 0 Å². The Kier molecular flexibility index (Phi) is 5.06. The monoisotopic (exact) mass is 396 g/mol. The van der Waals surface area contributed by atoms with Crippen LogP contribution in [0.4, 0.5) is 4.79 Å². The van der Waals surface area contributed by atoms with Crippen molar-refractivity contribution in [3.63, 3.8) is 0 Å². The molecule has 1 aromatic heterocycles. The van der Waals surface area contributed by atoms with E-state index in [1.54, 1.807) is 17.0 Å². The van der Waals surface area contributed by atoms with Gasteiger partial charge < -0.3 is 9.64 Å². The molecule has 0 unspecified atom stereocenters. The maximum atomic E-state index is 12.6. The minimum Gasteiger partial charge on any atom is -0.410 e. The fraction of sp³-hybridized carbons (Fsp3) is 0.231. The molecule has 1 amide bonds. The Morgan fingerprint density at radius 1 is 0.800 bits per heavy atom. The van der Waals surface area contributed by atoms with Crippen molar-refractivity contribution in [2.45, 2.75) is 25.7 Å². The third kappa shape index (κ3) is 3.61. The number of carbonyl (C=O) groups is 1. The lowest BCUT2D eigenvalue weighted by atomic mass is 9.89. The molecule has 0 bridgehead atoms. The highest BCUT2D eigenvalue weighted by Crippen LogP contribution is 2.37. The van der Waals surface area contributed by atoms with Gasteiger partial charge in [-0.3, -0.25) is 4.98 Å². The van der Waals surface area contributed by atoms with Gasteiger partial charge in [0.05, 0.1) is 5.69 Å². The molecule has 4 nitrogen and oxygen atoms in total. The highest BCUT2D eigenvalue weighted by molar-refractivity contribution is 5.84. The number of hydrogen-bond donors (Lipinski definition) is 0. The zero-order chi connectivity index (χ0) is 20.3. The van der Waals surface area contributed by atoms with E-state index >= 15 is 0 Å². The van der Waals surface area contributed by atoms with Crippen LogP contribution in [0.25, 0.3) is 5.57 Å². The van der Waals surface area contributed by atoms with Gasteiger partial charge in [-0.1, -0.05) is 54.1 Å². The quantitative estimate of drug-likeness (QED) is 0.562. The zero-order valence-corrected chi connectivity index (χ0v) is 16.9. The molecule has 2 heterocycles. The second-order valence-electron chi connectivity index (χ2n) is 7.81. The van der Waals surface area contributed by atoms with Crippen LogP contribution in [-0.2, 0) is 12.8 Å². The summed E-state index contributed by atoms with van der Waals surface area (Å²) in [7, 11) is 0. The van der Waals surface area contributed by atoms with Crippen LogP contribution < -0.4 is 4.74 Å².